The molecule has 4 nitrogen and oxygen atoms in total. The molecule has 0 atom stereocenters. The van der Waals surface area contributed by atoms with E-state index >= 15 is 0 Å². The highest BCUT2D eigenvalue weighted by atomic mass is 35.5. The van der Waals surface area contributed by atoms with E-state index in [2.05, 4.69) is 5.32 Å². The van der Waals surface area contributed by atoms with E-state index in [0.29, 0.717) is 31.0 Å². The SMILES string of the molecule is Cc1ccc(Cl)cc1NC(=O)C1CCN(C(=O)C=Cc2ccccc2)CC1. The molecular formula is C22H23ClN2O2. The van der Waals surface area contributed by atoms with Crippen LogP contribution in [0.25, 0.3) is 6.08 Å². The van der Waals surface area contributed by atoms with Crippen LogP contribution in [0.3, 0.4) is 0 Å². The van der Waals surface area contributed by atoms with Crippen LogP contribution in [0.2, 0.25) is 5.02 Å². The van der Waals surface area contributed by atoms with Crippen molar-refractivity contribution in [3.8, 4) is 0 Å². The molecule has 2 aromatic rings. The van der Waals surface area contributed by atoms with E-state index in [4.69, 9.17) is 11.6 Å². The molecule has 5 heteroatoms. The highest BCUT2D eigenvalue weighted by Gasteiger charge is 2.26. The number of hydrogen-bond acceptors (Lipinski definition) is 2. The average molecular weight is 383 g/mol. The Morgan fingerprint density at radius 2 is 1.81 bits per heavy atom. The van der Waals surface area contributed by atoms with Crippen LogP contribution in [0.4, 0.5) is 5.69 Å². The molecule has 140 valence electrons. The summed E-state index contributed by atoms with van der Waals surface area (Å²) in [6.45, 7) is 3.11. The van der Waals surface area contributed by atoms with E-state index in [-0.39, 0.29) is 17.7 Å². The van der Waals surface area contributed by atoms with Crippen LogP contribution >= 0.6 is 11.6 Å². The Kier molecular flexibility index (Phi) is 6.30. The molecule has 0 aliphatic carbocycles. The predicted octanol–water partition coefficient (Wildman–Crippen LogP) is 4.54. The van der Waals surface area contributed by atoms with Crippen LogP contribution in [-0.2, 0) is 9.59 Å². The second-order valence-corrected chi connectivity index (χ2v) is 7.23. The van der Waals surface area contributed by atoms with E-state index < -0.39 is 0 Å². The molecule has 0 radical (unpaired) electrons. The Bertz CT molecular complexity index is 841. The lowest BCUT2D eigenvalue weighted by Crippen LogP contribution is -2.40. The first kappa shape index (κ1) is 19.2. The molecule has 0 saturated carbocycles. The third-order valence-corrected chi connectivity index (χ3v) is 5.09. The summed E-state index contributed by atoms with van der Waals surface area (Å²) in [4.78, 5) is 26.7. The standard InChI is InChI=1S/C22H23ClN2O2/c1-16-7-9-19(23)15-20(16)24-22(27)18-11-13-25(14-12-18)21(26)10-8-17-5-3-2-4-6-17/h2-10,15,18H,11-14H2,1H3,(H,24,27). The fourth-order valence-corrected chi connectivity index (χ4v) is 3.33. The van der Waals surface area contributed by atoms with Gasteiger partial charge in [-0.3, -0.25) is 9.59 Å². The molecule has 0 aromatic heterocycles. The number of likely N-dealkylation sites (tertiary alicyclic amines) is 1. The first-order valence-electron chi connectivity index (χ1n) is 9.12. The molecule has 1 saturated heterocycles. The van der Waals surface area contributed by atoms with Gasteiger partial charge in [0.15, 0.2) is 0 Å². The molecule has 2 amide bonds. The minimum Gasteiger partial charge on any atom is -0.339 e. The van der Waals surface area contributed by atoms with Crippen molar-refractivity contribution >= 4 is 35.2 Å². The zero-order valence-corrected chi connectivity index (χ0v) is 16.1. The van der Waals surface area contributed by atoms with Gasteiger partial charge in [0.2, 0.25) is 11.8 Å². The van der Waals surface area contributed by atoms with Gasteiger partial charge >= 0.3 is 0 Å². The quantitative estimate of drug-likeness (QED) is 0.789. The number of piperidine rings is 1. The Morgan fingerprint density at radius 1 is 1.11 bits per heavy atom. The topological polar surface area (TPSA) is 49.4 Å². The zero-order valence-electron chi connectivity index (χ0n) is 15.3. The molecule has 2 aromatic carbocycles. The number of carbonyl (C=O) groups is 2. The van der Waals surface area contributed by atoms with Gasteiger partial charge in [0.25, 0.3) is 0 Å². The lowest BCUT2D eigenvalue weighted by Gasteiger charge is -2.30. The largest absolute Gasteiger partial charge is 0.339 e. The fourth-order valence-electron chi connectivity index (χ4n) is 3.16. The van der Waals surface area contributed by atoms with Crippen LogP contribution in [0, 0.1) is 12.8 Å². The molecule has 0 spiro atoms. The van der Waals surface area contributed by atoms with Gasteiger partial charge in [-0.15, -0.1) is 0 Å². The monoisotopic (exact) mass is 382 g/mol. The Labute approximate surface area is 164 Å². The highest BCUT2D eigenvalue weighted by Crippen LogP contribution is 2.24. The number of hydrogen-bond donors (Lipinski definition) is 1. The zero-order chi connectivity index (χ0) is 19.2. The normalized spacial score (nSPS) is 15.1. The van der Waals surface area contributed by atoms with Gasteiger partial charge in [0.05, 0.1) is 0 Å². The first-order chi connectivity index (χ1) is 13.0. The summed E-state index contributed by atoms with van der Waals surface area (Å²) in [7, 11) is 0. The minimum absolute atomic E-state index is 0.00714. The molecule has 27 heavy (non-hydrogen) atoms. The van der Waals surface area contributed by atoms with Crippen molar-refractivity contribution in [3.63, 3.8) is 0 Å². The maximum absolute atomic E-state index is 12.5. The number of nitrogens with one attached hydrogen (secondary N) is 1. The van der Waals surface area contributed by atoms with Crippen molar-refractivity contribution in [2.75, 3.05) is 18.4 Å². The Balaban J connectivity index is 1.52. The maximum atomic E-state index is 12.5. The van der Waals surface area contributed by atoms with E-state index in [9.17, 15) is 9.59 Å². The summed E-state index contributed by atoms with van der Waals surface area (Å²) in [5.74, 6) is -0.110. The molecule has 0 bridgehead atoms. The molecule has 1 fully saturated rings. The van der Waals surface area contributed by atoms with Crippen LogP contribution in [-0.4, -0.2) is 29.8 Å². The predicted molar refractivity (Wildman–Crippen MR) is 110 cm³/mol. The lowest BCUT2D eigenvalue weighted by atomic mass is 9.95. The summed E-state index contributed by atoms with van der Waals surface area (Å²) in [5.41, 5.74) is 2.72. The van der Waals surface area contributed by atoms with Gasteiger partial charge in [0, 0.05) is 35.8 Å². The summed E-state index contributed by atoms with van der Waals surface area (Å²) < 4.78 is 0. The van der Waals surface area contributed by atoms with Crippen LogP contribution in [0.1, 0.15) is 24.0 Å². The van der Waals surface area contributed by atoms with Gasteiger partial charge in [-0.1, -0.05) is 48.0 Å². The number of nitrogens with zero attached hydrogens (tertiary/aromatic N) is 1. The summed E-state index contributed by atoms with van der Waals surface area (Å²) >= 11 is 6.01. The lowest BCUT2D eigenvalue weighted by molar-refractivity contribution is -0.130. The number of rotatable bonds is 4. The fraction of sp³-hybridized carbons (Fsp3) is 0.273. The molecule has 1 heterocycles. The van der Waals surface area contributed by atoms with E-state index in [1.54, 1.807) is 23.1 Å². The summed E-state index contributed by atoms with van der Waals surface area (Å²) in [5, 5.41) is 3.57. The number of benzene rings is 2. The van der Waals surface area contributed by atoms with Crippen molar-refractivity contribution < 1.29 is 9.59 Å². The number of anilines is 1. The van der Waals surface area contributed by atoms with Crippen molar-refractivity contribution in [1.82, 2.24) is 4.90 Å². The van der Waals surface area contributed by atoms with Crippen molar-refractivity contribution in [2.24, 2.45) is 5.92 Å². The number of carbonyl (C=O) groups excluding carboxylic acids is 2. The second-order valence-electron chi connectivity index (χ2n) is 6.79. The molecule has 1 aliphatic heterocycles. The van der Waals surface area contributed by atoms with Crippen molar-refractivity contribution in [1.29, 1.82) is 0 Å². The van der Waals surface area contributed by atoms with Crippen molar-refractivity contribution in [2.45, 2.75) is 19.8 Å². The third kappa shape index (κ3) is 5.20. The Hall–Kier alpha value is -2.59. The summed E-state index contributed by atoms with van der Waals surface area (Å²) in [6.07, 6.45) is 4.75. The highest BCUT2D eigenvalue weighted by molar-refractivity contribution is 6.31. The van der Waals surface area contributed by atoms with Gasteiger partial charge in [-0.2, -0.15) is 0 Å². The molecule has 1 N–H and O–H groups in total. The maximum Gasteiger partial charge on any atom is 0.246 e. The molecule has 1 aliphatic rings. The molecular weight excluding hydrogens is 360 g/mol. The van der Waals surface area contributed by atoms with Crippen molar-refractivity contribution in [3.05, 3.63) is 70.8 Å². The average Bonchev–Trinajstić information content (AvgIpc) is 2.70. The van der Waals surface area contributed by atoms with E-state index in [0.717, 1.165) is 16.8 Å². The van der Waals surface area contributed by atoms with Crippen LogP contribution < -0.4 is 5.32 Å². The first-order valence-corrected chi connectivity index (χ1v) is 9.50. The number of amides is 2. The van der Waals surface area contributed by atoms with Gasteiger partial charge < -0.3 is 10.2 Å². The smallest absolute Gasteiger partial charge is 0.246 e. The van der Waals surface area contributed by atoms with Crippen LogP contribution in [0.15, 0.2) is 54.6 Å². The Morgan fingerprint density at radius 3 is 2.52 bits per heavy atom. The van der Waals surface area contributed by atoms with Gasteiger partial charge in [0.1, 0.15) is 0 Å². The van der Waals surface area contributed by atoms with E-state index in [1.807, 2.05) is 49.4 Å². The summed E-state index contributed by atoms with van der Waals surface area (Å²) in [6, 6.07) is 15.2. The third-order valence-electron chi connectivity index (χ3n) is 4.85. The van der Waals surface area contributed by atoms with Gasteiger partial charge in [-0.25, -0.2) is 0 Å². The van der Waals surface area contributed by atoms with Gasteiger partial charge in [-0.05, 0) is 49.1 Å². The van der Waals surface area contributed by atoms with E-state index in [1.165, 1.54) is 0 Å². The van der Waals surface area contributed by atoms with Crippen LogP contribution in [0.5, 0.6) is 0 Å². The number of halogens is 1. The number of aryl methyl sites for hydroxylation is 1. The molecule has 3 rings (SSSR count). The minimum atomic E-state index is -0.0921. The second kappa shape index (κ2) is 8.87. The molecule has 0 unspecified atom stereocenters.